The van der Waals surface area contributed by atoms with Crippen molar-refractivity contribution < 1.29 is 8.42 Å². The van der Waals surface area contributed by atoms with Crippen LogP contribution in [0.2, 0.25) is 5.02 Å². The van der Waals surface area contributed by atoms with Crippen LogP contribution in [0.1, 0.15) is 13.8 Å². The third kappa shape index (κ3) is 4.46. The first kappa shape index (κ1) is 14.8. The number of aromatic nitrogens is 1. The number of thioether (sulfide) groups is 1. The fourth-order valence-corrected chi connectivity index (χ4v) is 3.67. The molecule has 1 unspecified atom stereocenters. The number of halogens is 1. The van der Waals surface area contributed by atoms with Gasteiger partial charge >= 0.3 is 0 Å². The molecule has 0 aliphatic heterocycles. The van der Waals surface area contributed by atoms with Gasteiger partial charge in [-0.15, -0.1) is 0 Å². The molecule has 0 aromatic carbocycles. The van der Waals surface area contributed by atoms with Crippen molar-refractivity contribution in [3.8, 4) is 0 Å². The summed E-state index contributed by atoms with van der Waals surface area (Å²) in [6.45, 7) is 3.86. The Kier molecular flexibility index (Phi) is 5.72. The molecule has 1 atom stereocenters. The Bertz CT molecular complexity index is 465. The van der Waals surface area contributed by atoms with E-state index >= 15 is 0 Å². The summed E-state index contributed by atoms with van der Waals surface area (Å²) in [6, 6.07) is 1.32. The van der Waals surface area contributed by atoms with Crippen LogP contribution in [0.5, 0.6) is 0 Å². The number of rotatable bonds is 6. The van der Waals surface area contributed by atoms with E-state index in [0.717, 1.165) is 11.5 Å². The van der Waals surface area contributed by atoms with Crippen molar-refractivity contribution in [2.24, 2.45) is 0 Å². The van der Waals surface area contributed by atoms with E-state index in [1.54, 1.807) is 11.8 Å². The molecule has 1 aromatic rings. The molecular weight excluding hydrogens is 280 g/mol. The van der Waals surface area contributed by atoms with Crippen molar-refractivity contribution >= 4 is 33.4 Å². The van der Waals surface area contributed by atoms with Gasteiger partial charge in [-0.25, -0.2) is 13.1 Å². The molecule has 0 fully saturated rings. The summed E-state index contributed by atoms with van der Waals surface area (Å²) < 4.78 is 26.5. The molecule has 0 radical (unpaired) electrons. The summed E-state index contributed by atoms with van der Waals surface area (Å²) >= 11 is 7.51. The number of nitrogens with one attached hydrogen (secondary N) is 1. The van der Waals surface area contributed by atoms with Crippen molar-refractivity contribution in [1.29, 1.82) is 0 Å². The monoisotopic (exact) mass is 294 g/mol. The molecule has 1 rings (SSSR count). The third-order valence-electron chi connectivity index (χ3n) is 1.95. The Hall–Kier alpha value is -0.300. The van der Waals surface area contributed by atoms with Crippen LogP contribution in [0, 0.1) is 0 Å². The van der Waals surface area contributed by atoms with E-state index in [4.69, 9.17) is 11.6 Å². The van der Waals surface area contributed by atoms with Crippen LogP contribution in [-0.2, 0) is 10.0 Å². The first-order valence-electron chi connectivity index (χ1n) is 5.17. The molecule has 96 valence electrons. The SMILES string of the molecule is CCSCC(C)NS(=O)(=O)c1cnccc1Cl. The lowest BCUT2D eigenvalue weighted by atomic mass is 10.4. The van der Waals surface area contributed by atoms with E-state index in [0.29, 0.717) is 0 Å². The highest BCUT2D eigenvalue weighted by Gasteiger charge is 2.20. The van der Waals surface area contributed by atoms with Gasteiger partial charge in [0, 0.05) is 24.2 Å². The van der Waals surface area contributed by atoms with Crippen LogP contribution in [0.3, 0.4) is 0 Å². The number of sulfonamides is 1. The zero-order valence-corrected chi connectivity index (χ0v) is 12.1. The minimum absolute atomic E-state index is 0.0232. The van der Waals surface area contributed by atoms with Gasteiger partial charge < -0.3 is 0 Å². The Morgan fingerprint density at radius 2 is 2.29 bits per heavy atom. The standard InChI is InChI=1S/C10H15ClN2O2S2/c1-3-16-7-8(2)13-17(14,15)10-6-12-5-4-9(10)11/h4-6,8,13H,3,7H2,1-2H3. The number of nitrogens with zero attached hydrogens (tertiary/aromatic N) is 1. The maximum atomic E-state index is 12.0. The van der Waals surface area contributed by atoms with Gasteiger partial charge in [0.1, 0.15) is 4.90 Å². The highest BCUT2D eigenvalue weighted by Crippen LogP contribution is 2.19. The fraction of sp³-hybridized carbons (Fsp3) is 0.500. The Balaban J connectivity index is 2.79. The third-order valence-corrected chi connectivity index (χ3v) is 5.15. The quantitative estimate of drug-likeness (QED) is 0.873. The summed E-state index contributed by atoms with van der Waals surface area (Å²) in [5, 5.41) is 0.183. The number of hydrogen-bond donors (Lipinski definition) is 1. The molecule has 1 heterocycles. The predicted octanol–water partition coefficient (Wildman–Crippen LogP) is 2.15. The molecule has 0 spiro atoms. The van der Waals surface area contributed by atoms with Crippen molar-refractivity contribution in [3.05, 3.63) is 23.5 Å². The summed E-state index contributed by atoms with van der Waals surface area (Å²) in [4.78, 5) is 3.80. The molecule has 0 bridgehead atoms. The van der Waals surface area contributed by atoms with E-state index in [-0.39, 0.29) is 16.0 Å². The van der Waals surface area contributed by atoms with Gasteiger partial charge in [-0.05, 0) is 18.7 Å². The Labute approximate surface area is 111 Å². The minimum Gasteiger partial charge on any atom is -0.263 e. The molecule has 0 saturated heterocycles. The van der Waals surface area contributed by atoms with Crippen LogP contribution < -0.4 is 4.72 Å². The average molecular weight is 295 g/mol. The molecule has 17 heavy (non-hydrogen) atoms. The van der Waals surface area contributed by atoms with Crippen LogP contribution in [-0.4, -0.2) is 30.9 Å². The van der Waals surface area contributed by atoms with Gasteiger partial charge in [0.2, 0.25) is 10.0 Å². The van der Waals surface area contributed by atoms with Crippen molar-refractivity contribution in [3.63, 3.8) is 0 Å². The molecule has 1 N–H and O–H groups in total. The lowest BCUT2D eigenvalue weighted by Crippen LogP contribution is -2.34. The summed E-state index contributed by atoms with van der Waals surface area (Å²) in [6.07, 6.45) is 2.71. The van der Waals surface area contributed by atoms with Crippen molar-refractivity contribution in [1.82, 2.24) is 9.71 Å². The van der Waals surface area contributed by atoms with E-state index < -0.39 is 10.0 Å². The van der Waals surface area contributed by atoms with Crippen LogP contribution in [0.4, 0.5) is 0 Å². The molecule has 0 aliphatic rings. The largest absolute Gasteiger partial charge is 0.263 e. The lowest BCUT2D eigenvalue weighted by Gasteiger charge is -2.13. The highest BCUT2D eigenvalue weighted by atomic mass is 35.5. The maximum absolute atomic E-state index is 12.0. The zero-order valence-electron chi connectivity index (χ0n) is 9.68. The zero-order chi connectivity index (χ0) is 12.9. The summed E-state index contributed by atoms with van der Waals surface area (Å²) in [5.41, 5.74) is 0. The smallest absolute Gasteiger partial charge is 0.243 e. The second-order valence-electron chi connectivity index (χ2n) is 3.49. The van der Waals surface area contributed by atoms with Gasteiger partial charge in [-0.1, -0.05) is 18.5 Å². The average Bonchev–Trinajstić information content (AvgIpc) is 2.26. The molecule has 0 amide bonds. The van der Waals surface area contributed by atoms with Crippen LogP contribution in [0.15, 0.2) is 23.4 Å². The van der Waals surface area contributed by atoms with Crippen molar-refractivity contribution in [2.75, 3.05) is 11.5 Å². The number of hydrogen-bond acceptors (Lipinski definition) is 4. The second kappa shape index (κ2) is 6.58. The Morgan fingerprint density at radius 3 is 2.88 bits per heavy atom. The maximum Gasteiger partial charge on any atom is 0.243 e. The normalized spacial score (nSPS) is 13.6. The first-order chi connectivity index (χ1) is 7.97. The van der Waals surface area contributed by atoms with Crippen LogP contribution in [0.25, 0.3) is 0 Å². The molecule has 0 aliphatic carbocycles. The lowest BCUT2D eigenvalue weighted by molar-refractivity contribution is 0.570. The topological polar surface area (TPSA) is 59.1 Å². The first-order valence-corrected chi connectivity index (χ1v) is 8.18. The van der Waals surface area contributed by atoms with Gasteiger partial charge in [0.15, 0.2) is 0 Å². The molecule has 0 saturated carbocycles. The summed E-state index contributed by atoms with van der Waals surface area (Å²) in [5.74, 6) is 1.69. The van der Waals surface area contributed by atoms with E-state index in [1.165, 1.54) is 18.5 Å². The summed E-state index contributed by atoms with van der Waals surface area (Å²) in [7, 11) is -3.58. The molecule has 1 aromatic heterocycles. The van der Waals surface area contributed by atoms with Gasteiger partial charge in [0.05, 0.1) is 5.02 Å². The minimum atomic E-state index is -3.58. The van der Waals surface area contributed by atoms with Gasteiger partial charge in [-0.3, -0.25) is 4.98 Å². The predicted molar refractivity (Wildman–Crippen MR) is 72.0 cm³/mol. The van der Waals surface area contributed by atoms with Crippen molar-refractivity contribution in [2.45, 2.75) is 24.8 Å². The second-order valence-corrected chi connectivity index (χ2v) is 6.90. The molecular formula is C10H15ClN2O2S2. The van der Waals surface area contributed by atoms with E-state index in [9.17, 15) is 8.42 Å². The van der Waals surface area contributed by atoms with E-state index in [1.807, 2.05) is 13.8 Å². The van der Waals surface area contributed by atoms with Crippen LogP contribution >= 0.6 is 23.4 Å². The van der Waals surface area contributed by atoms with Gasteiger partial charge in [0.25, 0.3) is 0 Å². The Morgan fingerprint density at radius 1 is 1.59 bits per heavy atom. The van der Waals surface area contributed by atoms with Gasteiger partial charge in [-0.2, -0.15) is 11.8 Å². The fourth-order valence-electron chi connectivity index (χ4n) is 1.22. The highest BCUT2D eigenvalue weighted by molar-refractivity contribution is 7.99. The van der Waals surface area contributed by atoms with E-state index in [2.05, 4.69) is 9.71 Å². The molecule has 7 heteroatoms. The number of pyridine rings is 1. The molecule has 4 nitrogen and oxygen atoms in total.